The van der Waals surface area contributed by atoms with Crippen molar-refractivity contribution in [3.63, 3.8) is 0 Å². The highest BCUT2D eigenvalue weighted by Crippen LogP contribution is 2.37. The molecule has 0 unspecified atom stereocenters. The van der Waals surface area contributed by atoms with Crippen molar-refractivity contribution in [3.05, 3.63) is 28.3 Å². The van der Waals surface area contributed by atoms with E-state index in [1.54, 1.807) is 6.07 Å². The van der Waals surface area contributed by atoms with Crippen LogP contribution < -0.4 is 10.6 Å². The van der Waals surface area contributed by atoms with E-state index in [-0.39, 0.29) is 17.4 Å². The van der Waals surface area contributed by atoms with E-state index in [1.165, 1.54) is 12.1 Å². The molecule has 1 heterocycles. The van der Waals surface area contributed by atoms with Gasteiger partial charge in [-0.1, -0.05) is 0 Å². The Bertz CT molecular complexity index is 435. The van der Waals surface area contributed by atoms with Crippen LogP contribution in [0, 0.1) is 10.1 Å². The molecular formula is C9H9Cl2N3O2. The Morgan fingerprint density at radius 1 is 1.25 bits per heavy atom. The Morgan fingerprint density at radius 3 is 2.44 bits per heavy atom. The van der Waals surface area contributed by atoms with Crippen molar-refractivity contribution in [2.45, 2.75) is 5.66 Å². The summed E-state index contributed by atoms with van der Waals surface area (Å²) in [5, 5.41) is 16.8. The van der Waals surface area contributed by atoms with Crippen molar-refractivity contribution in [2.24, 2.45) is 0 Å². The lowest BCUT2D eigenvalue weighted by Crippen LogP contribution is -2.45. The SMILES string of the molecule is O=[N+]([O-])c1ccc2c(c1)NC(CCl)(CCl)N2. The van der Waals surface area contributed by atoms with Crippen molar-refractivity contribution in [2.75, 3.05) is 22.4 Å². The molecule has 0 amide bonds. The second-order valence-electron chi connectivity index (χ2n) is 3.59. The smallest absolute Gasteiger partial charge is 0.271 e. The van der Waals surface area contributed by atoms with Crippen molar-refractivity contribution < 1.29 is 4.92 Å². The van der Waals surface area contributed by atoms with Crippen LogP contribution in [0.1, 0.15) is 0 Å². The molecule has 0 saturated carbocycles. The van der Waals surface area contributed by atoms with Gasteiger partial charge in [0.25, 0.3) is 5.69 Å². The molecule has 0 aliphatic carbocycles. The summed E-state index contributed by atoms with van der Waals surface area (Å²) in [7, 11) is 0. The van der Waals surface area contributed by atoms with E-state index in [4.69, 9.17) is 23.2 Å². The molecule has 0 aromatic heterocycles. The predicted octanol–water partition coefficient (Wildman–Crippen LogP) is 2.61. The molecule has 0 bridgehead atoms. The van der Waals surface area contributed by atoms with Gasteiger partial charge in [0.1, 0.15) is 5.66 Å². The first-order valence-electron chi connectivity index (χ1n) is 4.57. The zero-order chi connectivity index (χ0) is 11.8. The molecule has 1 aromatic carbocycles. The van der Waals surface area contributed by atoms with E-state index in [2.05, 4.69) is 10.6 Å². The highest BCUT2D eigenvalue weighted by molar-refractivity contribution is 6.23. The molecule has 0 fully saturated rings. The van der Waals surface area contributed by atoms with E-state index in [1.807, 2.05) is 0 Å². The summed E-state index contributed by atoms with van der Waals surface area (Å²) in [5.41, 5.74) is 0.830. The highest BCUT2D eigenvalue weighted by atomic mass is 35.5. The minimum atomic E-state index is -0.624. The third-order valence-electron chi connectivity index (χ3n) is 2.42. The maximum atomic E-state index is 10.6. The largest absolute Gasteiger partial charge is 0.359 e. The summed E-state index contributed by atoms with van der Waals surface area (Å²) in [6.45, 7) is 0. The first kappa shape index (κ1) is 11.3. The minimum Gasteiger partial charge on any atom is -0.359 e. The Balaban J connectivity index is 2.34. The number of halogens is 2. The Kier molecular flexibility index (Phi) is 2.82. The fourth-order valence-electron chi connectivity index (χ4n) is 1.57. The molecule has 1 aromatic rings. The Labute approximate surface area is 102 Å². The van der Waals surface area contributed by atoms with Gasteiger partial charge in [-0.2, -0.15) is 0 Å². The lowest BCUT2D eigenvalue weighted by Gasteiger charge is -2.25. The van der Waals surface area contributed by atoms with Gasteiger partial charge in [0.05, 0.1) is 28.1 Å². The van der Waals surface area contributed by atoms with E-state index >= 15 is 0 Å². The van der Waals surface area contributed by atoms with Gasteiger partial charge in [0, 0.05) is 12.1 Å². The zero-order valence-electron chi connectivity index (χ0n) is 8.17. The lowest BCUT2D eigenvalue weighted by molar-refractivity contribution is -0.384. The van der Waals surface area contributed by atoms with Crippen LogP contribution in [0.3, 0.4) is 0 Å². The molecule has 16 heavy (non-hydrogen) atoms. The van der Waals surface area contributed by atoms with Gasteiger partial charge in [0.15, 0.2) is 0 Å². The molecule has 7 heteroatoms. The molecule has 2 N–H and O–H groups in total. The van der Waals surface area contributed by atoms with Crippen LogP contribution in [0.5, 0.6) is 0 Å². The second kappa shape index (κ2) is 3.99. The van der Waals surface area contributed by atoms with Crippen LogP contribution in [0.25, 0.3) is 0 Å². The zero-order valence-corrected chi connectivity index (χ0v) is 9.68. The van der Waals surface area contributed by atoms with Crippen LogP contribution >= 0.6 is 23.2 Å². The van der Waals surface area contributed by atoms with Crippen LogP contribution in [-0.4, -0.2) is 22.3 Å². The van der Waals surface area contributed by atoms with Gasteiger partial charge in [0.2, 0.25) is 0 Å². The standard InChI is InChI=1S/C9H9Cl2N3O2/c10-4-9(5-11)12-7-2-1-6(14(15)16)3-8(7)13-9/h1-3,12-13H,4-5H2. The summed E-state index contributed by atoms with van der Waals surface area (Å²) < 4.78 is 0. The number of nitrogens with zero attached hydrogens (tertiary/aromatic N) is 1. The summed E-state index contributed by atoms with van der Waals surface area (Å²) in [5.74, 6) is 0.526. The van der Waals surface area contributed by atoms with Crippen LogP contribution in [0.15, 0.2) is 18.2 Å². The lowest BCUT2D eigenvalue weighted by atomic mass is 10.2. The summed E-state index contributed by atoms with van der Waals surface area (Å²) in [6.07, 6.45) is 0. The number of hydrogen-bond acceptors (Lipinski definition) is 4. The summed E-state index contributed by atoms with van der Waals surface area (Å²) in [4.78, 5) is 10.2. The molecule has 2 rings (SSSR count). The van der Waals surface area contributed by atoms with Gasteiger partial charge >= 0.3 is 0 Å². The fraction of sp³-hybridized carbons (Fsp3) is 0.333. The molecule has 5 nitrogen and oxygen atoms in total. The number of hydrogen-bond donors (Lipinski definition) is 2. The molecule has 0 spiro atoms. The van der Waals surface area contributed by atoms with Gasteiger partial charge in [-0.15, -0.1) is 23.2 Å². The Morgan fingerprint density at radius 2 is 1.88 bits per heavy atom. The van der Waals surface area contributed by atoms with Crippen LogP contribution in [0.2, 0.25) is 0 Å². The molecule has 1 aliphatic heterocycles. The summed E-state index contributed by atoms with van der Waals surface area (Å²) in [6, 6.07) is 4.54. The van der Waals surface area contributed by atoms with Gasteiger partial charge in [-0.05, 0) is 6.07 Å². The molecule has 86 valence electrons. The number of nitro groups is 1. The quantitative estimate of drug-likeness (QED) is 0.499. The number of alkyl halides is 2. The number of benzene rings is 1. The minimum absolute atomic E-state index is 0.0352. The molecular weight excluding hydrogens is 253 g/mol. The van der Waals surface area contributed by atoms with Gasteiger partial charge < -0.3 is 10.6 Å². The first-order valence-corrected chi connectivity index (χ1v) is 5.64. The second-order valence-corrected chi connectivity index (χ2v) is 4.12. The highest BCUT2D eigenvalue weighted by Gasteiger charge is 2.35. The predicted molar refractivity (Wildman–Crippen MR) is 64.5 cm³/mol. The number of rotatable bonds is 3. The first-order chi connectivity index (χ1) is 7.60. The summed E-state index contributed by atoms with van der Waals surface area (Å²) >= 11 is 11.6. The molecule has 1 aliphatic rings. The number of nitrogens with one attached hydrogen (secondary N) is 2. The third kappa shape index (κ3) is 1.76. The molecule has 0 radical (unpaired) electrons. The van der Waals surface area contributed by atoms with E-state index < -0.39 is 10.6 Å². The van der Waals surface area contributed by atoms with Crippen molar-refractivity contribution in [1.29, 1.82) is 0 Å². The number of fused-ring (bicyclic) bond motifs is 1. The van der Waals surface area contributed by atoms with Crippen molar-refractivity contribution in [1.82, 2.24) is 0 Å². The van der Waals surface area contributed by atoms with E-state index in [9.17, 15) is 10.1 Å². The molecule has 0 saturated heterocycles. The van der Waals surface area contributed by atoms with E-state index in [0.29, 0.717) is 5.69 Å². The normalized spacial score (nSPS) is 16.1. The average molecular weight is 262 g/mol. The van der Waals surface area contributed by atoms with Crippen molar-refractivity contribution >= 4 is 40.3 Å². The van der Waals surface area contributed by atoms with Crippen LogP contribution in [0.4, 0.5) is 17.1 Å². The average Bonchev–Trinajstić information content (AvgIpc) is 2.67. The Hall–Kier alpha value is -1.20. The maximum absolute atomic E-state index is 10.6. The number of anilines is 2. The van der Waals surface area contributed by atoms with Gasteiger partial charge in [-0.25, -0.2) is 0 Å². The number of nitro benzene ring substituents is 1. The number of non-ortho nitro benzene ring substituents is 1. The van der Waals surface area contributed by atoms with Crippen LogP contribution in [-0.2, 0) is 0 Å². The maximum Gasteiger partial charge on any atom is 0.271 e. The molecule has 0 atom stereocenters. The van der Waals surface area contributed by atoms with E-state index in [0.717, 1.165) is 5.69 Å². The van der Waals surface area contributed by atoms with Gasteiger partial charge in [-0.3, -0.25) is 10.1 Å². The monoisotopic (exact) mass is 261 g/mol. The van der Waals surface area contributed by atoms with Crippen molar-refractivity contribution in [3.8, 4) is 0 Å². The topological polar surface area (TPSA) is 67.2 Å². The fourth-order valence-corrected chi connectivity index (χ4v) is 2.13. The third-order valence-corrected chi connectivity index (χ3v) is 3.33.